The summed E-state index contributed by atoms with van der Waals surface area (Å²) in [6, 6.07) is 9.05. The van der Waals surface area contributed by atoms with Crippen molar-refractivity contribution in [2.45, 2.75) is 6.92 Å². The van der Waals surface area contributed by atoms with Crippen LogP contribution in [0, 0.1) is 6.92 Å². The van der Waals surface area contributed by atoms with E-state index in [1.54, 1.807) is 19.1 Å². The molecule has 5 heteroatoms. The number of carbonyl (C=O) groups is 1. The summed E-state index contributed by atoms with van der Waals surface area (Å²) in [6.07, 6.45) is 0. The number of carbonyl (C=O) groups excluding carboxylic acids is 1. The number of hydrogen-bond donors (Lipinski definition) is 3. The molecular weight excluding hydrogens is 258 g/mol. The number of rotatable bonds is 3. The zero-order valence-electron chi connectivity index (χ0n) is 11.2. The van der Waals surface area contributed by atoms with E-state index in [4.69, 9.17) is 4.74 Å². The molecule has 2 rings (SSSR count). The Labute approximate surface area is 116 Å². The molecule has 2 aromatic carbocycles. The Hall–Kier alpha value is -2.69. The average molecular weight is 273 g/mol. The van der Waals surface area contributed by atoms with Crippen LogP contribution < -0.4 is 10.1 Å². The highest BCUT2D eigenvalue weighted by Gasteiger charge is 2.11. The first-order valence-corrected chi connectivity index (χ1v) is 5.99. The minimum Gasteiger partial charge on any atom is -0.508 e. The van der Waals surface area contributed by atoms with E-state index in [0.717, 1.165) is 5.56 Å². The Morgan fingerprint density at radius 1 is 1.15 bits per heavy atom. The largest absolute Gasteiger partial charge is 0.508 e. The number of benzene rings is 2. The molecule has 5 nitrogen and oxygen atoms in total. The molecule has 0 fully saturated rings. The Morgan fingerprint density at radius 3 is 2.55 bits per heavy atom. The highest BCUT2D eigenvalue weighted by Crippen LogP contribution is 2.27. The monoisotopic (exact) mass is 273 g/mol. The van der Waals surface area contributed by atoms with Crippen molar-refractivity contribution in [3.63, 3.8) is 0 Å². The summed E-state index contributed by atoms with van der Waals surface area (Å²) in [5.74, 6) is 0.0360. The maximum absolute atomic E-state index is 12.1. The number of anilines is 1. The first-order valence-electron chi connectivity index (χ1n) is 5.99. The summed E-state index contributed by atoms with van der Waals surface area (Å²) in [5.41, 5.74) is 1.73. The van der Waals surface area contributed by atoms with Crippen LogP contribution in [0.4, 0.5) is 5.69 Å². The third kappa shape index (κ3) is 2.83. The van der Waals surface area contributed by atoms with Gasteiger partial charge in [-0.25, -0.2) is 0 Å². The van der Waals surface area contributed by atoms with Gasteiger partial charge in [0.1, 0.15) is 5.75 Å². The maximum atomic E-state index is 12.1. The first-order chi connectivity index (χ1) is 9.51. The highest BCUT2D eigenvalue weighted by atomic mass is 16.5. The first kappa shape index (κ1) is 13.7. The average Bonchev–Trinajstić information content (AvgIpc) is 2.42. The Morgan fingerprint density at radius 2 is 1.90 bits per heavy atom. The SMILES string of the molecule is COc1cc(C(=O)Nc2ccc(O)cc2C)ccc1O. The molecule has 0 aliphatic heterocycles. The quantitative estimate of drug-likeness (QED) is 0.751. The van der Waals surface area contributed by atoms with Crippen LogP contribution in [-0.4, -0.2) is 23.2 Å². The molecule has 0 saturated heterocycles. The van der Waals surface area contributed by atoms with Crippen LogP contribution in [0.3, 0.4) is 0 Å². The van der Waals surface area contributed by atoms with Crippen LogP contribution in [0.5, 0.6) is 17.2 Å². The smallest absolute Gasteiger partial charge is 0.255 e. The maximum Gasteiger partial charge on any atom is 0.255 e. The zero-order valence-corrected chi connectivity index (χ0v) is 11.2. The molecule has 3 N–H and O–H groups in total. The van der Waals surface area contributed by atoms with Crippen LogP contribution in [0.1, 0.15) is 15.9 Å². The van der Waals surface area contributed by atoms with Crippen molar-refractivity contribution in [1.29, 1.82) is 0 Å². The molecular formula is C15H15NO4. The number of methoxy groups -OCH3 is 1. The number of phenolic OH excluding ortho intramolecular Hbond substituents is 2. The standard InChI is InChI=1S/C15H15NO4/c1-9-7-11(17)4-5-12(9)16-15(19)10-3-6-13(18)14(8-10)20-2/h3-8,17-18H,1-2H3,(H,16,19). The van der Waals surface area contributed by atoms with Gasteiger partial charge in [-0.15, -0.1) is 0 Å². The van der Waals surface area contributed by atoms with Crippen LogP contribution in [0.2, 0.25) is 0 Å². The molecule has 0 atom stereocenters. The van der Waals surface area contributed by atoms with Gasteiger partial charge in [0.25, 0.3) is 5.91 Å². The van der Waals surface area contributed by atoms with Crippen molar-refractivity contribution in [2.75, 3.05) is 12.4 Å². The number of aromatic hydroxyl groups is 2. The fourth-order valence-corrected chi connectivity index (χ4v) is 1.80. The predicted octanol–water partition coefficient (Wildman–Crippen LogP) is 2.67. The van der Waals surface area contributed by atoms with E-state index in [1.807, 2.05) is 0 Å². The van der Waals surface area contributed by atoms with Gasteiger partial charge in [0, 0.05) is 11.3 Å². The second-order valence-electron chi connectivity index (χ2n) is 4.34. The zero-order chi connectivity index (χ0) is 14.7. The normalized spacial score (nSPS) is 10.1. The molecule has 2 aromatic rings. The van der Waals surface area contributed by atoms with E-state index in [9.17, 15) is 15.0 Å². The third-order valence-electron chi connectivity index (χ3n) is 2.90. The van der Waals surface area contributed by atoms with Gasteiger partial charge < -0.3 is 20.3 Å². The number of nitrogens with one attached hydrogen (secondary N) is 1. The van der Waals surface area contributed by atoms with E-state index >= 15 is 0 Å². The Balaban J connectivity index is 2.24. The molecule has 0 bridgehead atoms. The summed E-state index contributed by atoms with van der Waals surface area (Å²) in [4.78, 5) is 12.1. The molecule has 0 spiro atoms. The summed E-state index contributed by atoms with van der Waals surface area (Å²) in [6.45, 7) is 1.78. The van der Waals surface area contributed by atoms with Crippen LogP contribution in [0.15, 0.2) is 36.4 Å². The van der Waals surface area contributed by atoms with E-state index in [2.05, 4.69) is 5.32 Å². The van der Waals surface area contributed by atoms with Gasteiger partial charge in [-0.2, -0.15) is 0 Å². The van der Waals surface area contributed by atoms with Crippen molar-refractivity contribution < 1.29 is 19.7 Å². The lowest BCUT2D eigenvalue weighted by atomic mass is 10.1. The van der Waals surface area contributed by atoms with Gasteiger partial charge in [0.2, 0.25) is 0 Å². The fourth-order valence-electron chi connectivity index (χ4n) is 1.80. The van der Waals surface area contributed by atoms with E-state index in [-0.39, 0.29) is 23.2 Å². The Bertz CT molecular complexity index is 652. The van der Waals surface area contributed by atoms with Gasteiger partial charge in [0.05, 0.1) is 7.11 Å². The van der Waals surface area contributed by atoms with Crippen molar-refractivity contribution in [1.82, 2.24) is 0 Å². The van der Waals surface area contributed by atoms with Crippen LogP contribution in [0.25, 0.3) is 0 Å². The summed E-state index contributed by atoms with van der Waals surface area (Å²) >= 11 is 0. The molecule has 0 unspecified atom stereocenters. The van der Waals surface area contributed by atoms with Gasteiger partial charge in [-0.1, -0.05) is 0 Å². The molecule has 0 radical (unpaired) electrons. The van der Waals surface area contributed by atoms with Crippen LogP contribution in [-0.2, 0) is 0 Å². The van der Waals surface area contributed by atoms with E-state index in [0.29, 0.717) is 11.3 Å². The molecule has 0 aliphatic rings. The van der Waals surface area contributed by atoms with Crippen LogP contribution >= 0.6 is 0 Å². The highest BCUT2D eigenvalue weighted by molar-refractivity contribution is 6.05. The molecule has 1 amide bonds. The van der Waals surface area contributed by atoms with E-state index < -0.39 is 0 Å². The van der Waals surface area contributed by atoms with Gasteiger partial charge >= 0.3 is 0 Å². The minimum atomic E-state index is -0.322. The number of ether oxygens (including phenoxy) is 1. The topological polar surface area (TPSA) is 78.8 Å². The van der Waals surface area contributed by atoms with Gasteiger partial charge in [0.15, 0.2) is 11.5 Å². The molecule has 0 aromatic heterocycles. The minimum absolute atomic E-state index is 0.0233. The molecule has 20 heavy (non-hydrogen) atoms. The lowest BCUT2D eigenvalue weighted by Crippen LogP contribution is -2.12. The van der Waals surface area contributed by atoms with Gasteiger partial charge in [-0.3, -0.25) is 4.79 Å². The number of hydrogen-bond acceptors (Lipinski definition) is 4. The summed E-state index contributed by atoms with van der Waals surface area (Å²) in [7, 11) is 1.42. The molecule has 0 saturated carbocycles. The second-order valence-corrected chi connectivity index (χ2v) is 4.34. The van der Waals surface area contributed by atoms with Crippen molar-refractivity contribution >= 4 is 11.6 Å². The number of aryl methyl sites for hydroxylation is 1. The molecule has 0 aliphatic carbocycles. The lowest BCUT2D eigenvalue weighted by molar-refractivity contribution is 0.102. The van der Waals surface area contributed by atoms with Crippen molar-refractivity contribution in [3.05, 3.63) is 47.5 Å². The van der Waals surface area contributed by atoms with Crippen molar-refractivity contribution in [3.8, 4) is 17.2 Å². The second kappa shape index (κ2) is 5.52. The number of amides is 1. The van der Waals surface area contributed by atoms with Crippen molar-refractivity contribution in [2.24, 2.45) is 0 Å². The summed E-state index contributed by atoms with van der Waals surface area (Å²) in [5, 5.41) is 21.6. The fraction of sp³-hybridized carbons (Fsp3) is 0.133. The Kier molecular flexibility index (Phi) is 3.79. The predicted molar refractivity (Wildman–Crippen MR) is 75.5 cm³/mol. The summed E-state index contributed by atoms with van der Waals surface area (Å²) < 4.78 is 4.96. The molecule has 104 valence electrons. The lowest BCUT2D eigenvalue weighted by Gasteiger charge is -2.10. The molecule has 0 heterocycles. The third-order valence-corrected chi connectivity index (χ3v) is 2.90. The number of phenols is 2. The van der Waals surface area contributed by atoms with Gasteiger partial charge in [-0.05, 0) is 48.9 Å². The van der Waals surface area contributed by atoms with E-state index in [1.165, 1.54) is 31.4 Å².